The van der Waals surface area contributed by atoms with Crippen LogP contribution in [0.1, 0.15) is 28.7 Å². The van der Waals surface area contributed by atoms with Crippen molar-refractivity contribution in [1.82, 2.24) is 14.6 Å². The lowest BCUT2D eigenvalue weighted by molar-refractivity contribution is 0.0519. The van der Waals surface area contributed by atoms with E-state index in [0.717, 1.165) is 0 Å². The Bertz CT molecular complexity index is 636. The summed E-state index contributed by atoms with van der Waals surface area (Å²) in [4.78, 5) is 14.9. The zero-order valence-corrected chi connectivity index (χ0v) is 14.6. The number of carbonyl (C=O) groups is 1. The second kappa shape index (κ2) is 7.45. The Balaban J connectivity index is 0.00000242. The van der Waals surface area contributed by atoms with Crippen molar-refractivity contribution in [3.63, 3.8) is 0 Å². The number of carbonyl (C=O) groups excluding carboxylic acids is 1. The molecule has 0 aliphatic carbocycles. The lowest BCUT2D eigenvalue weighted by Gasteiger charge is -2.26. The molecule has 1 saturated heterocycles. The van der Waals surface area contributed by atoms with Crippen molar-refractivity contribution in [1.29, 1.82) is 0 Å². The van der Waals surface area contributed by atoms with Crippen LogP contribution in [-0.4, -0.2) is 56.5 Å². The summed E-state index contributed by atoms with van der Waals surface area (Å²) in [5, 5.41) is 3.12. The standard InChI is InChI=1S/C13H21N3O4S.ClH/c1-4-20-13(17)11-9(2)12(10(3)15-11)21(18,19)16-7-5-14-6-8-16;/h14-15H,4-8H2,1-3H3;1H. The molecule has 0 bridgehead atoms. The van der Waals surface area contributed by atoms with Crippen LogP contribution in [0.3, 0.4) is 0 Å². The number of hydrogen-bond donors (Lipinski definition) is 2. The van der Waals surface area contributed by atoms with E-state index in [1.807, 2.05) is 0 Å². The third-order valence-corrected chi connectivity index (χ3v) is 5.70. The van der Waals surface area contributed by atoms with Crippen molar-refractivity contribution in [3.05, 3.63) is 17.0 Å². The second-order valence-corrected chi connectivity index (χ2v) is 6.83. The molecule has 0 aromatic carbocycles. The molecule has 1 aromatic rings. The fourth-order valence-corrected chi connectivity index (χ4v) is 4.39. The van der Waals surface area contributed by atoms with E-state index >= 15 is 0 Å². The summed E-state index contributed by atoms with van der Waals surface area (Å²) < 4.78 is 31.9. The molecule has 9 heteroatoms. The van der Waals surface area contributed by atoms with Crippen LogP contribution in [0, 0.1) is 13.8 Å². The smallest absolute Gasteiger partial charge is 0.355 e. The largest absolute Gasteiger partial charge is 0.461 e. The number of H-pyrrole nitrogens is 1. The van der Waals surface area contributed by atoms with Gasteiger partial charge in [0.1, 0.15) is 10.6 Å². The average Bonchev–Trinajstić information content (AvgIpc) is 2.76. The summed E-state index contributed by atoms with van der Waals surface area (Å²) in [7, 11) is -3.60. The molecule has 0 saturated carbocycles. The molecular weight excluding hydrogens is 330 g/mol. The Morgan fingerprint density at radius 1 is 1.27 bits per heavy atom. The van der Waals surface area contributed by atoms with Crippen LogP contribution < -0.4 is 5.32 Å². The number of nitrogens with one attached hydrogen (secondary N) is 2. The van der Waals surface area contributed by atoms with Crippen LogP contribution in [0.5, 0.6) is 0 Å². The molecule has 1 fully saturated rings. The summed E-state index contributed by atoms with van der Waals surface area (Å²) in [5.41, 5.74) is 1.10. The van der Waals surface area contributed by atoms with Crippen LogP contribution in [0.25, 0.3) is 0 Å². The van der Waals surface area contributed by atoms with Crippen LogP contribution in [0.2, 0.25) is 0 Å². The van der Waals surface area contributed by atoms with Crippen LogP contribution in [-0.2, 0) is 14.8 Å². The van der Waals surface area contributed by atoms with Crippen molar-refractivity contribution < 1.29 is 17.9 Å². The number of aromatic nitrogens is 1. The molecule has 126 valence electrons. The summed E-state index contributed by atoms with van der Waals surface area (Å²) >= 11 is 0. The van der Waals surface area contributed by atoms with Gasteiger partial charge in [0, 0.05) is 37.4 Å². The van der Waals surface area contributed by atoms with Crippen molar-refractivity contribution in [2.24, 2.45) is 0 Å². The van der Waals surface area contributed by atoms with Gasteiger partial charge >= 0.3 is 5.97 Å². The van der Waals surface area contributed by atoms with E-state index in [2.05, 4.69) is 10.3 Å². The third-order valence-electron chi connectivity index (χ3n) is 3.52. The number of halogens is 1. The Kier molecular flexibility index (Phi) is 6.42. The van der Waals surface area contributed by atoms with Crippen molar-refractivity contribution in [2.45, 2.75) is 25.7 Å². The van der Waals surface area contributed by atoms with Gasteiger partial charge in [-0.25, -0.2) is 13.2 Å². The molecule has 0 amide bonds. The van der Waals surface area contributed by atoms with Gasteiger partial charge in [0.15, 0.2) is 0 Å². The topological polar surface area (TPSA) is 91.5 Å². The molecule has 2 heterocycles. The second-order valence-electron chi connectivity index (χ2n) is 4.95. The number of rotatable bonds is 4. The van der Waals surface area contributed by atoms with E-state index in [1.54, 1.807) is 20.8 Å². The fourth-order valence-electron chi connectivity index (χ4n) is 2.54. The minimum Gasteiger partial charge on any atom is -0.461 e. The first-order chi connectivity index (χ1) is 9.89. The van der Waals surface area contributed by atoms with Gasteiger partial charge in [-0.15, -0.1) is 12.4 Å². The van der Waals surface area contributed by atoms with Crippen LogP contribution >= 0.6 is 12.4 Å². The number of nitrogens with zero attached hydrogens (tertiary/aromatic N) is 1. The molecule has 0 radical (unpaired) electrons. The van der Waals surface area contributed by atoms with Gasteiger partial charge in [-0.1, -0.05) is 0 Å². The van der Waals surface area contributed by atoms with Gasteiger partial charge in [-0.2, -0.15) is 4.31 Å². The average molecular weight is 352 g/mol. The highest BCUT2D eigenvalue weighted by Gasteiger charge is 2.32. The van der Waals surface area contributed by atoms with E-state index in [-0.39, 0.29) is 29.6 Å². The summed E-state index contributed by atoms with van der Waals surface area (Å²) in [6, 6.07) is 0. The molecule has 1 aliphatic heterocycles. The first-order valence-corrected chi connectivity index (χ1v) is 8.40. The molecule has 0 spiro atoms. The maximum atomic E-state index is 12.7. The number of ether oxygens (including phenoxy) is 1. The molecule has 22 heavy (non-hydrogen) atoms. The van der Waals surface area contributed by atoms with E-state index < -0.39 is 16.0 Å². The van der Waals surface area contributed by atoms with Crippen molar-refractivity contribution in [3.8, 4) is 0 Å². The zero-order valence-electron chi connectivity index (χ0n) is 12.9. The highest BCUT2D eigenvalue weighted by molar-refractivity contribution is 7.89. The number of piperazine rings is 1. The number of aromatic amines is 1. The maximum absolute atomic E-state index is 12.7. The first kappa shape index (κ1) is 19.0. The zero-order chi connectivity index (χ0) is 15.6. The maximum Gasteiger partial charge on any atom is 0.355 e. The Morgan fingerprint density at radius 3 is 2.41 bits per heavy atom. The van der Waals surface area contributed by atoms with Gasteiger partial charge < -0.3 is 15.0 Å². The minimum absolute atomic E-state index is 0. The van der Waals surface area contributed by atoms with Gasteiger partial charge in [0.2, 0.25) is 10.0 Å². The van der Waals surface area contributed by atoms with E-state index in [4.69, 9.17) is 4.74 Å². The molecule has 1 aromatic heterocycles. The molecular formula is C13H22ClN3O4S. The highest BCUT2D eigenvalue weighted by Crippen LogP contribution is 2.27. The van der Waals surface area contributed by atoms with Crippen LogP contribution in [0.4, 0.5) is 0 Å². The molecule has 2 rings (SSSR count). The summed E-state index contributed by atoms with van der Waals surface area (Å²) in [6.07, 6.45) is 0. The SMILES string of the molecule is CCOC(=O)c1[nH]c(C)c(S(=O)(=O)N2CCNCC2)c1C.Cl. The van der Waals surface area contributed by atoms with Crippen molar-refractivity contribution >= 4 is 28.4 Å². The Hall–Kier alpha value is -1.09. The predicted octanol–water partition coefficient (Wildman–Crippen LogP) is 0.824. The molecule has 1 aliphatic rings. The summed E-state index contributed by atoms with van der Waals surface area (Å²) in [6.45, 7) is 7.37. The van der Waals surface area contributed by atoms with Gasteiger partial charge in [-0.05, 0) is 20.8 Å². The Morgan fingerprint density at radius 2 is 1.86 bits per heavy atom. The predicted molar refractivity (Wildman–Crippen MR) is 85.1 cm³/mol. The lowest BCUT2D eigenvalue weighted by atomic mass is 10.2. The minimum atomic E-state index is -3.60. The number of aryl methyl sites for hydroxylation is 1. The number of esters is 1. The quantitative estimate of drug-likeness (QED) is 0.784. The fraction of sp³-hybridized carbons (Fsp3) is 0.615. The molecule has 0 unspecified atom stereocenters. The first-order valence-electron chi connectivity index (χ1n) is 6.96. The van der Waals surface area contributed by atoms with Crippen LogP contribution in [0.15, 0.2) is 4.90 Å². The lowest BCUT2D eigenvalue weighted by Crippen LogP contribution is -2.46. The van der Waals surface area contributed by atoms with Gasteiger partial charge in [0.25, 0.3) is 0 Å². The molecule has 0 atom stereocenters. The Labute approximate surface area is 136 Å². The van der Waals surface area contributed by atoms with E-state index in [0.29, 0.717) is 37.4 Å². The van der Waals surface area contributed by atoms with E-state index in [9.17, 15) is 13.2 Å². The highest BCUT2D eigenvalue weighted by atomic mass is 35.5. The molecule has 7 nitrogen and oxygen atoms in total. The van der Waals surface area contributed by atoms with Gasteiger partial charge in [-0.3, -0.25) is 0 Å². The number of hydrogen-bond acceptors (Lipinski definition) is 5. The summed E-state index contributed by atoms with van der Waals surface area (Å²) in [5.74, 6) is -0.528. The van der Waals surface area contributed by atoms with Gasteiger partial charge in [0.05, 0.1) is 6.61 Å². The normalized spacial score (nSPS) is 16.1. The monoisotopic (exact) mass is 351 g/mol. The number of sulfonamides is 1. The van der Waals surface area contributed by atoms with E-state index in [1.165, 1.54) is 4.31 Å². The van der Waals surface area contributed by atoms with Crippen molar-refractivity contribution in [2.75, 3.05) is 32.8 Å². The third kappa shape index (κ3) is 3.45. The molecule has 2 N–H and O–H groups in total.